The summed E-state index contributed by atoms with van der Waals surface area (Å²) in [5.74, 6) is -0.920. The lowest BCUT2D eigenvalue weighted by Gasteiger charge is -2.15. The van der Waals surface area contributed by atoms with E-state index < -0.39 is 11.2 Å². The van der Waals surface area contributed by atoms with Gasteiger partial charge in [0.1, 0.15) is 5.82 Å². The van der Waals surface area contributed by atoms with Crippen LogP contribution < -0.4 is 11.2 Å². The number of nitrogen functional groups attached to an aromatic ring is 1. The summed E-state index contributed by atoms with van der Waals surface area (Å²) in [5.41, 5.74) is 6.66. The maximum atomic E-state index is 13.8. The third-order valence-electron chi connectivity index (χ3n) is 3.88. The SMILES string of the molecule is CC(=O)c1cn(C2CC2)c2c(C)c(N)c(F)cc2c1=O. The van der Waals surface area contributed by atoms with Crippen molar-refractivity contribution in [3.63, 3.8) is 0 Å². The average Bonchev–Trinajstić information content (AvgIpc) is 3.21. The largest absolute Gasteiger partial charge is 0.396 e. The van der Waals surface area contributed by atoms with E-state index in [1.807, 2.05) is 4.57 Å². The van der Waals surface area contributed by atoms with Gasteiger partial charge in [-0.05, 0) is 38.3 Å². The van der Waals surface area contributed by atoms with Crippen molar-refractivity contribution in [2.24, 2.45) is 0 Å². The predicted molar refractivity (Wildman–Crippen MR) is 75.6 cm³/mol. The molecule has 1 heterocycles. The molecule has 1 aromatic heterocycles. The number of hydrogen-bond donors (Lipinski definition) is 1. The Morgan fingerprint density at radius 2 is 2.10 bits per heavy atom. The minimum Gasteiger partial charge on any atom is -0.396 e. The highest BCUT2D eigenvalue weighted by Crippen LogP contribution is 2.38. The average molecular weight is 274 g/mol. The molecule has 0 unspecified atom stereocenters. The van der Waals surface area contributed by atoms with E-state index in [1.54, 1.807) is 13.1 Å². The smallest absolute Gasteiger partial charge is 0.200 e. The maximum absolute atomic E-state index is 13.8. The Kier molecular flexibility index (Phi) is 2.67. The number of pyridine rings is 1. The van der Waals surface area contributed by atoms with Crippen molar-refractivity contribution in [3.05, 3.63) is 39.4 Å². The van der Waals surface area contributed by atoms with E-state index in [4.69, 9.17) is 5.73 Å². The van der Waals surface area contributed by atoms with E-state index in [2.05, 4.69) is 0 Å². The standard InChI is InChI=1S/C15H15FN2O2/c1-7-13(17)12(16)5-10-14(7)18(9-3-4-9)6-11(8(2)19)15(10)20/h5-6,9H,3-4,17H2,1-2H3. The van der Waals surface area contributed by atoms with Gasteiger partial charge in [-0.2, -0.15) is 0 Å². The lowest BCUT2D eigenvalue weighted by molar-refractivity contribution is 0.101. The van der Waals surface area contributed by atoms with Crippen LogP contribution >= 0.6 is 0 Å². The Bertz CT molecular complexity index is 804. The molecule has 0 radical (unpaired) electrons. The van der Waals surface area contributed by atoms with Gasteiger partial charge in [0.2, 0.25) is 0 Å². The highest BCUT2D eigenvalue weighted by Gasteiger charge is 2.27. The summed E-state index contributed by atoms with van der Waals surface area (Å²) >= 11 is 0. The number of aryl methyl sites for hydroxylation is 1. The molecule has 5 heteroatoms. The molecule has 1 saturated carbocycles. The number of carbonyl (C=O) groups is 1. The van der Waals surface area contributed by atoms with Crippen LogP contribution in [-0.4, -0.2) is 10.4 Å². The molecule has 0 saturated heterocycles. The number of ketones is 1. The first-order chi connectivity index (χ1) is 9.41. The number of nitrogens with two attached hydrogens (primary N) is 1. The second-order valence-electron chi connectivity index (χ2n) is 5.36. The molecular formula is C15H15FN2O2. The van der Waals surface area contributed by atoms with Gasteiger partial charge in [0, 0.05) is 17.6 Å². The van der Waals surface area contributed by atoms with Gasteiger partial charge in [-0.1, -0.05) is 0 Å². The van der Waals surface area contributed by atoms with Gasteiger partial charge in [0.05, 0.1) is 16.8 Å². The normalized spacial score (nSPS) is 14.8. The van der Waals surface area contributed by atoms with Gasteiger partial charge in [-0.3, -0.25) is 9.59 Å². The lowest BCUT2D eigenvalue weighted by Crippen LogP contribution is -2.19. The summed E-state index contributed by atoms with van der Waals surface area (Å²) in [7, 11) is 0. The number of nitrogens with zero attached hydrogens (tertiary/aromatic N) is 1. The molecule has 0 aliphatic heterocycles. The molecule has 2 N–H and O–H groups in total. The van der Waals surface area contributed by atoms with Crippen LogP contribution in [0.2, 0.25) is 0 Å². The van der Waals surface area contributed by atoms with Crippen molar-refractivity contribution in [2.45, 2.75) is 32.7 Å². The van der Waals surface area contributed by atoms with Gasteiger partial charge in [0.25, 0.3) is 0 Å². The number of carbonyl (C=O) groups excluding carboxylic acids is 1. The fourth-order valence-electron chi connectivity index (χ4n) is 2.59. The Hall–Kier alpha value is -2.17. The molecule has 0 atom stereocenters. The van der Waals surface area contributed by atoms with E-state index in [0.29, 0.717) is 11.1 Å². The monoisotopic (exact) mass is 274 g/mol. The fourth-order valence-corrected chi connectivity index (χ4v) is 2.59. The van der Waals surface area contributed by atoms with Crippen LogP contribution in [0.15, 0.2) is 17.1 Å². The molecule has 1 aliphatic rings. The number of anilines is 1. The maximum Gasteiger partial charge on any atom is 0.200 e. The molecule has 1 fully saturated rings. The molecule has 20 heavy (non-hydrogen) atoms. The van der Waals surface area contributed by atoms with Gasteiger partial charge in [-0.25, -0.2) is 4.39 Å². The summed E-state index contributed by atoms with van der Waals surface area (Å²) in [4.78, 5) is 23.9. The van der Waals surface area contributed by atoms with E-state index in [-0.39, 0.29) is 28.5 Å². The van der Waals surface area contributed by atoms with Crippen molar-refractivity contribution in [3.8, 4) is 0 Å². The summed E-state index contributed by atoms with van der Waals surface area (Å²) in [6, 6.07) is 1.41. The van der Waals surface area contributed by atoms with Crippen molar-refractivity contribution in [2.75, 3.05) is 5.73 Å². The number of rotatable bonds is 2. The molecule has 1 aromatic carbocycles. The number of hydrogen-bond acceptors (Lipinski definition) is 3. The second kappa shape index (κ2) is 4.16. The van der Waals surface area contributed by atoms with E-state index >= 15 is 0 Å². The lowest BCUT2D eigenvalue weighted by atomic mass is 10.0. The van der Waals surface area contributed by atoms with E-state index in [0.717, 1.165) is 18.9 Å². The van der Waals surface area contributed by atoms with Crippen LogP contribution in [-0.2, 0) is 0 Å². The third-order valence-corrected chi connectivity index (χ3v) is 3.88. The topological polar surface area (TPSA) is 65.1 Å². The van der Waals surface area contributed by atoms with Crippen LogP contribution in [0.5, 0.6) is 0 Å². The Balaban J connectivity index is 2.52. The zero-order valence-electron chi connectivity index (χ0n) is 11.4. The highest BCUT2D eigenvalue weighted by atomic mass is 19.1. The van der Waals surface area contributed by atoms with Crippen LogP contribution in [0, 0.1) is 12.7 Å². The minimum atomic E-state index is -0.616. The van der Waals surface area contributed by atoms with Crippen molar-refractivity contribution >= 4 is 22.4 Å². The van der Waals surface area contributed by atoms with Gasteiger partial charge in [0.15, 0.2) is 11.2 Å². The van der Waals surface area contributed by atoms with E-state index in [1.165, 1.54) is 6.92 Å². The van der Waals surface area contributed by atoms with Gasteiger partial charge < -0.3 is 10.3 Å². The molecule has 4 nitrogen and oxygen atoms in total. The van der Waals surface area contributed by atoms with Crippen molar-refractivity contribution < 1.29 is 9.18 Å². The molecule has 0 spiro atoms. The molecule has 1 aliphatic carbocycles. The summed E-state index contributed by atoms with van der Waals surface area (Å²) in [6.45, 7) is 3.05. The minimum absolute atomic E-state index is 0.0573. The fraction of sp³-hybridized carbons (Fsp3) is 0.333. The van der Waals surface area contributed by atoms with Crippen molar-refractivity contribution in [1.82, 2.24) is 4.57 Å². The third kappa shape index (κ3) is 1.73. The molecule has 104 valence electrons. The van der Waals surface area contributed by atoms with Crippen molar-refractivity contribution in [1.29, 1.82) is 0 Å². The number of benzene rings is 1. The first-order valence-electron chi connectivity index (χ1n) is 6.56. The van der Waals surface area contributed by atoms with Gasteiger partial charge in [-0.15, -0.1) is 0 Å². The van der Waals surface area contributed by atoms with Crippen LogP contribution in [0.3, 0.4) is 0 Å². The Morgan fingerprint density at radius 1 is 1.45 bits per heavy atom. The number of aromatic nitrogens is 1. The summed E-state index contributed by atoms with van der Waals surface area (Å²) < 4.78 is 15.7. The molecule has 3 rings (SSSR count). The first-order valence-corrected chi connectivity index (χ1v) is 6.56. The number of Topliss-reactive ketones (excluding diaryl/α,β-unsaturated/α-hetero) is 1. The van der Waals surface area contributed by atoms with Crippen LogP contribution in [0.25, 0.3) is 10.9 Å². The number of halogens is 1. The zero-order chi connectivity index (χ0) is 14.6. The molecule has 2 aromatic rings. The number of fused-ring (bicyclic) bond motifs is 1. The molecule has 0 amide bonds. The predicted octanol–water partition coefficient (Wildman–Crippen LogP) is 2.57. The van der Waals surface area contributed by atoms with Gasteiger partial charge >= 0.3 is 0 Å². The molecular weight excluding hydrogens is 259 g/mol. The van der Waals surface area contributed by atoms with E-state index in [9.17, 15) is 14.0 Å². The Morgan fingerprint density at radius 3 is 2.65 bits per heavy atom. The highest BCUT2D eigenvalue weighted by molar-refractivity contribution is 5.98. The van der Waals surface area contributed by atoms with Crippen LogP contribution in [0.1, 0.15) is 41.7 Å². The summed E-state index contributed by atoms with van der Waals surface area (Å²) in [6.07, 6.45) is 3.58. The van der Waals surface area contributed by atoms with Crippen LogP contribution in [0.4, 0.5) is 10.1 Å². The quantitative estimate of drug-likeness (QED) is 0.676. The first kappa shape index (κ1) is 12.8. The Labute approximate surface area is 115 Å². The summed E-state index contributed by atoms with van der Waals surface area (Å²) in [5, 5.41) is 0.230. The molecule has 0 bridgehead atoms. The zero-order valence-corrected chi connectivity index (χ0v) is 11.4. The second-order valence-corrected chi connectivity index (χ2v) is 5.36.